The molecule has 0 radical (unpaired) electrons. The summed E-state index contributed by atoms with van der Waals surface area (Å²) in [6, 6.07) is 25.0. The van der Waals surface area contributed by atoms with Gasteiger partial charge in [0.05, 0.1) is 11.3 Å². The number of anilines is 1. The molecule has 0 bridgehead atoms. The number of aromatic amines is 1. The number of nitrogens with one attached hydrogen (secondary N) is 1. The van der Waals surface area contributed by atoms with Gasteiger partial charge in [0.15, 0.2) is 0 Å². The Morgan fingerprint density at radius 1 is 1.09 bits per heavy atom. The van der Waals surface area contributed by atoms with Crippen molar-refractivity contribution in [2.24, 2.45) is 0 Å². The van der Waals surface area contributed by atoms with Crippen molar-refractivity contribution >= 4 is 23.4 Å². The number of rotatable bonds is 6. The summed E-state index contributed by atoms with van der Waals surface area (Å²) in [7, 11) is 0. The van der Waals surface area contributed by atoms with Crippen LogP contribution in [0.1, 0.15) is 30.6 Å². The molecule has 1 amide bonds. The molecule has 1 aliphatic rings. The number of fused-ring (bicyclic) bond motifs is 3. The van der Waals surface area contributed by atoms with Crippen LogP contribution >= 0.6 is 11.8 Å². The first kappa shape index (κ1) is 22.9. The number of ether oxygens (including phenoxy) is 1. The molecule has 1 aliphatic heterocycles. The summed E-state index contributed by atoms with van der Waals surface area (Å²) in [6.45, 7) is 2.26. The summed E-state index contributed by atoms with van der Waals surface area (Å²) in [6.07, 6.45) is 1.52. The number of hydrogen-bond acceptors (Lipinski definition) is 5. The molecule has 35 heavy (non-hydrogen) atoms. The lowest BCUT2D eigenvalue weighted by atomic mass is 10.0. The molecule has 1 N–H and O–H groups in total. The molecule has 7 nitrogen and oxygen atoms in total. The van der Waals surface area contributed by atoms with Crippen LogP contribution in [0.5, 0.6) is 5.75 Å². The number of hydrogen-bond donors (Lipinski definition) is 1. The molecule has 0 saturated carbocycles. The van der Waals surface area contributed by atoms with Crippen molar-refractivity contribution in [1.82, 2.24) is 10.1 Å². The Hall–Kier alpha value is -3.91. The van der Waals surface area contributed by atoms with E-state index in [0.717, 1.165) is 11.1 Å². The van der Waals surface area contributed by atoms with Crippen LogP contribution in [-0.2, 0) is 11.4 Å². The second-order valence-corrected chi connectivity index (χ2v) is 8.91. The van der Waals surface area contributed by atoms with E-state index in [-0.39, 0.29) is 11.5 Å². The minimum absolute atomic E-state index is 0.0657. The topological polar surface area (TPSA) is 79.2 Å². The molecule has 2 heterocycles. The second kappa shape index (κ2) is 9.76. The number of para-hydroxylation sites is 1. The van der Waals surface area contributed by atoms with Crippen molar-refractivity contribution in [1.29, 1.82) is 0 Å². The standard InChI is InChI=1S/C27H24N4O3S/c1-3-23(32)30-22-15-8-7-14-21(22)24-25(33)28-27(35-2)29-31(24)26(30)19-12-9-13-20(16-19)34-17-18-10-5-4-6-11-18/h4-16,26H,3,17H2,1-2H3/p+1/t26-/m1/s1. The summed E-state index contributed by atoms with van der Waals surface area (Å²) in [4.78, 5) is 31.1. The van der Waals surface area contributed by atoms with E-state index in [2.05, 4.69) is 4.98 Å². The third-order valence-corrected chi connectivity index (χ3v) is 6.50. The van der Waals surface area contributed by atoms with E-state index in [1.165, 1.54) is 11.8 Å². The fourth-order valence-electron chi connectivity index (χ4n) is 4.31. The Morgan fingerprint density at radius 2 is 1.86 bits per heavy atom. The number of carbonyl (C=O) groups is 1. The van der Waals surface area contributed by atoms with Gasteiger partial charge in [0.25, 0.3) is 6.17 Å². The van der Waals surface area contributed by atoms with Gasteiger partial charge in [-0.1, -0.05) is 67.2 Å². The molecule has 1 aromatic heterocycles. The molecule has 5 rings (SSSR count). The maximum absolute atomic E-state index is 13.3. The van der Waals surface area contributed by atoms with Crippen LogP contribution in [0.3, 0.4) is 0 Å². The maximum Gasteiger partial charge on any atom is 0.325 e. The van der Waals surface area contributed by atoms with Crippen LogP contribution in [0.25, 0.3) is 11.3 Å². The highest BCUT2D eigenvalue weighted by molar-refractivity contribution is 7.98. The highest BCUT2D eigenvalue weighted by Crippen LogP contribution is 2.38. The van der Waals surface area contributed by atoms with E-state index in [1.54, 1.807) is 9.58 Å². The Morgan fingerprint density at radius 3 is 2.63 bits per heavy atom. The second-order valence-electron chi connectivity index (χ2n) is 8.11. The normalized spacial score (nSPS) is 14.2. The predicted molar refractivity (Wildman–Crippen MR) is 135 cm³/mol. The number of amides is 1. The van der Waals surface area contributed by atoms with Gasteiger partial charge in [0.1, 0.15) is 12.4 Å². The van der Waals surface area contributed by atoms with Gasteiger partial charge in [-0.15, -0.1) is 0 Å². The zero-order chi connectivity index (χ0) is 24.4. The van der Waals surface area contributed by atoms with Gasteiger partial charge >= 0.3 is 11.3 Å². The average molecular weight is 486 g/mol. The Kier molecular flexibility index (Phi) is 6.37. The van der Waals surface area contributed by atoms with Crippen LogP contribution in [0.15, 0.2) is 88.8 Å². The van der Waals surface area contributed by atoms with E-state index < -0.39 is 6.17 Å². The smallest absolute Gasteiger partial charge is 0.325 e. The minimum Gasteiger partial charge on any atom is -0.489 e. The molecular formula is C27H25N4O3S+. The predicted octanol–water partition coefficient (Wildman–Crippen LogP) is 4.33. The Balaban J connectivity index is 1.65. The molecule has 8 heteroatoms. The number of thioether (sulfide) groups is 1. The van der Waals surface area contributed by atoms with E-state index in [0.29, 0.717) is 40.9 Å². The molecule has 1 atom stereocenters. The van der Waals surface area contributed by atoms with Gasteiger partial charge in [-0.2, -0.15) is 0 Å². The SMILES string of the molecule is CCC(=O)N1c2ccccc2-c2c(=O)[nH]c(SC)n[n+]2[C@@H]1c1cccc(OCc2ccccc2)c1. The monoisotopic (exact) mass is 485 g/mol. The van der Waals surface area contributed by atoms with E-state index >= 15 is 0 Å². The highest BCUT2D eigenvalue weighted by atomic mass is 32.2. The van der Waals surface area contributed by atoms with Crippen molar-refractivity contribution in [3.05, 3.63) is 100 Å². The molecule has 0 saturated heterocycles. The summed E-state index contributed by atoms with van der Waals surface area (Å²) in [5.74, 6) is 0.607. The first-order valence-electron chi connectivity index (χ1n) is 11.4. The van der Waals surface area contributed by atoms with Gasteiger partial charge in [-0.3, -0.25) is 14.6 Å². The van der Waals surface area contributed by atoms with E-state index in [4.69, 9.17) is 9.84 Å². The number of nitrogens with zero attached hydrogens (tertiary/aromatic N) is 3. The molecule has 0 unspecified atom stereocenters. The number of H-pyrrole nitrogens is 1. The van der Waals surface area contributed by atoms with Gasteiger partial charge in [0.2, 0.25) is 11.1 Å². The summed E-state index contributed by atoms with van der Waals surface area (Å²) >= 11 is 1.34. The number of aromatic nitrogens is 3. The van der Waals surface area contributed by atoms with Crippen molar-refractivity contribution in [3.63, 3.8) is 0 Å². The van der Waals surface area contributed by atoms with Crippen LogP contribution in [-0.4, -0.2) is 22.2 Å². The maximum atomic E-state index is 13.3. The third-order valence-electron chi connectivity index (χ3n) is 5.93. The van der Waals surface area contributed by atoms with Gasteiger partial charge < -0.3 is 4.74 Å². The van der Waals surface area contributed by atoms with Crippen LogP contribution in [0, 0.1) is 0 Å². The third kappa shape index (κ3) is 4.33. The van der Waals surface area contributed by atoms with E-state index in [1.807, 2.05) is 92.0 Å². The highest BCUT2D eigenvalue weighted by Gasteiger charge is 2.45. The summed E-state index contributed by atoms with van der Waals surface area (Å²) in [5, 5.41) is 5.20. The first-order valence-corrected chi connectivity index (χ1v) is 12.6. The zero-order valence-corrected chi connectivity index (χ0v) is 20.3. The van der Waals surface area contributed by atoms with E-state index in [9.17, 15) is 9.59 Å². The first-order chi connectivity index (χ1) is 17.1. The number of benzene rings is 3. The van der Waals surface area contributed by atoms with Gasteiger partial charge in [-0.25, -0.2) is 4.90 Å². The van der Waals surface area contributed by atoms with Crippen LogP contribution in [0.2, 0.25) is 0 Å². The molecule has 176 valence electrons. The van der Waals surface area contributed by atoms with Gasteiger partial charge in [-0.05, 0) is 46.8 Å². The van der Waals surface area contributed by atoms with Crippen molar-refractivity contribution < 1.29 is 14.2 Å². The fourth-order valence-corrected chi connectivity index (χ4v) is 4.67. The quantitative estimate of drug-likeness (QED) is 0.325. The van der Waals surface area contributed by atoms with Crippen LogP contribution < -0.4 is 19.9 Å². The molecule has 3 aromatic carbocycles. The van der Waals surface area contributed by atoms with Gasteiger partial charge in [0, 0.05) is 17.1 Å². The van der Waals surface area contributed by atoms with Crippen molar-refractivity contribution in [2.45, 2.75) is 31.3 Å². The number of carbonyl (C=O) groups excluding carboxylic acids is 1. The van der Waals surface area contributed by atoms with Crippen molar-refractivity contribution in [2.75, 3.05) is 11.2 Å². The lowest BCUT2D eigenvalue weighted by Gasteiger charge is -2.32. The molecule has 0 spiro atoms. The lowest BCUT2D eigenvalue weighted by molar-refractivity contribution is -0.763. The largest absolute Gasteiger partial charge is 0.489 e. The summed E-state index contributed by atoms with van der Waals surface area (Å²) < 4.78 is 7.73. The lowest BCUT2D eigenvalue weighted by Crippen LogP contribution is -2.60. The minimum atomic E-state index is -0.638. The molecular weight excluding hydrogens is 460 g/mol. The van der Waals surface area contributed by atoms with Crippen LogP contribution in [0.4, 0.5) is 5.69 Å². The molecule has 4 aromatic rings. The fraction of sp³-hybridized carbons (Fsp3) is 0.185. The van der Waals surface area contributed by atoms with Crippen molar-refractivity contribution in [3.8, 4) is 17.0 Å². The average Bonchev–Trinajstić information content (AvgIpc) is 2.91. The Labute approximate surface area is 207 Å². The Bertz CT molecular complexity index is 1440. The molecule has 0 aliphatic carbocycles. The summed E-state index contributed by atoms with van der Waals surface area (Å²) in [5.41, 5.74) is 3.38. The zero-order valence-electron chi connectivity index (χ0n) is 19.5. The molecule has 0 fully saturated rings.